The molecular weight excluding hydrogens is 460 g/mol. The zero-order valence-corrected chi connectivity index (χ0v) is 19.2. The number of carbonyl (C=O) groups is 2. The molecule has 0 radical (unpaired) electrons. The molecule has 0 aromatic heterocycles. The smallest absolute Gasteiger partial charge is 0.355 e. The van der Waals surface area contributed by atoms with Crippen LogP contribution in [0.4, 0.5) is 5.69 Å². The maximum absolute atomic E-state index is 13.1. The Hall–Kier alpha value is -4.47. The number of nitriles is 2. The summed E-state index contributed by atoms with van der Waals surface area (Å²) in [6, 6.07) is 15.3. The van der Waals surface area contributed by atoms with Crippen molar-refractivity contribution in [2.75, 3.05) is 26.2 Å². The third-order valence-corrected chi connectivity index (χ3v) is 5.54. The van der Waals surface area contributed by atoms with E-state index in [0.717, 1.165) is 19.1 Å². The van der Waals surface area contributed by atoms with Crippen LogP contribution in [0.3, 0.4) is 0 Å². The van der Waals surface area contributed by atoms with Gasteiger partial charge in [0, 0.05) is 6.07 Å². The van der Waals surface area contributed by atoms with Gasteiger partial charge in [0.05, 0.1) is 60.7 Å². The topological polar surface area (TPSA) is 139 Å². The van der Waals surface area contributed by atoms with Gasteiger partial charge in [0.1, 0.15) is 23.3 Å². The summed E-state index contributed by atoms with van der Waals surface area (Å²) < 4.78 is 15.2. The van der Waals surface area contributed by atoms with E-state index in [-0.39, 0.29) is 44.7 Å². The third kappa shape index (κ3) is 4.01. The second-order valence-corrected chi connectivity index (χ2v) is 7.36. The molecule has 0 amide bonds. The second-order valence-electron chi connectivity index (χ2n) is 6.95. The van der Waals surface area contributed by atoms with E-state index >= 15 is 0 Å². The Balaban J connectivity index is 2.49. The molecule has 2 aromatic rings. The van der Waals surface area contributed by atoms with Gasteiger partial charge in [0.15, 0.2) is 0 Å². The summed E-state index contributed by atoms with van der Waals surface area (Å²) in [6.07, 6.45) is 0. The summed E-state index contributed by atoms with van der Waals surface area (Å²) >= 11 is 6.17. The number of allylic oxidation sites excluding steroid dienone is 1. The predicted molar refractivity (Wildman–Crippen MR) is 122 cm³/mol. The Kier molecular flexibility index (Phi) is 7.10. The number of halogens is 1. The molecule has 1 aliphatic heterocycles. The Morgan fingerprint density at radius 3 is 2.21 bits per heavy atom. The molecule has 0 saturated carbocycles. The summed E-state index contributed by atoms with van der Waals surface area (Å²) in [4.78, 5) is 27.3. The molecule has 0 spiro atoms. The van der Waals surface area contributed by atoms with Crippen molar-refractivity contribution < 1.29 is 23.8 Å². The molecule has 2 N–H and O–H groups in total. The van der Waals surface area contributed by atoms with Crippen molar-refractivity contribution in [3.05, 3.63) is 81.3 Å². The molecule has 172 valence electrons. The van der Waals surface area contributed by atoms with Crippen molar-refractivity contribution in [3.63, 3.8) is 0 Å². The van der Waals surface area contributed by atoms with Gasteiger partial charge in [0.2, 0.25) is 0 Å². The molecule has 9 nitrogen and oxygen atoms in total. The molecule has 1 aliphatic rings. The Morgan fingerprint density at radius 1 is 1.03 bits per heavy atom. The van der Waals surface area contributed by atoms with Crippen LogP contribution in [0.5, 0.6) is 5.75 Å². The first-order valence-electron chi connectivity index (χ1n) is 9.77. The highest BCUT2D eigenvalue weighted by molar-refractivity contribution is 6.32. The van der Waals surface area contributed by atoms with Gasteiger partial charge in [-0.1, -0.05) is 41.9 Å². The van der Waals surface area contributed by atoms with Gasteiger partial charge in [0.25, 0.3) is 0 Å². The highest BCUT2D eigenvalue weighted by Crippen LogP contribution is 2.45. The van der Waals surface area contributed by atoms with Crippen molar-refractivity contribution in [2.24, 2.45) is 5.73 Å². The van der Waals surface area contributed by atoms with Crippen molar-refractivity contribution >= 4 is 29.2 Å². The van der Waals surface area contributed by atoms with Crippen molar-refractivity contribution in [1.29, 1.82) is 10.5 Å². The van der Waals surface area contributed by atoms with E-state index in [1.807, 2.05) is 12.1 Å². The lowest BCUT2D eigenvalue weighted by molar-refractivity contribution is -0.139. The predicted octanol–water partition coefficient (Wildman–Crippen LogP) is 3.12. The molecule has 0 bridgehead atoms. The fourth-order valence-corrected chi connectivity index (χ4v) is 3.98. The van der Waals surface area contributed by atoms with Crippen LogP contribution in [0.1, 0.15) is 17.0 Å². The summed E-state index contributed by atoms with van der Waals surface area (Å²) in [6.45, 7) is 0. The minimum atomic E-state index is -1.02. The standard InChI is InChI=1S/C24H19ClN4O5/c1-32-18-10-17(14(11-26)9-16(18)25)29-21(24(31)34-3)20(23(30)33-2)19(15(12-27)22(29)28)13-7-5-4-6-8-13/h4-10,19H,28H2,1-3H3. The quantitative estimate of drug-likeness (QED) is 0.642. The average Bonchev–Trinajstić information content (AvgIpc) is 2.87. The number of nitrogens with two attached hydrogens (primary N) is 1. The number of methoxy groups -OCH3 is 3. The van der Waals surface area contributed by atoms with Crippen LogP contribution in [0.15, 0.2) is 65.1 Å². The number of hydrogen-bond donors (Lipinski definition) is 1. The number of benzene rings is 2. The fraction of sp³-hybridized carbons (Fsp3) is 0.167. The third-order valence-electron chi connectivity index (χ3n) is 5.24. The summed E-state index contributed by atoms with van der Waals surface area (Å²) in [7, 11) is 3.65. The van der Waals surface area contributed by atoms with Gasteiger partial charge < -0.3 is 19.9 Å². The minimum absolute atomic E-state index is 0.00909. The molecule has 0 fully saturated rings. The van der Waals surface area contributed by atoms with Gasteiger partial charge in [-0.15, -0.1) is 0 Å². The van der Waals surface area contributed by atoms with E-state index in [1.165, 1.54) is 19.2 Å². The molecule has 0 aliphatic carbocycles. The van der Waals surface area contributed by atoms with Gasteiger partial charge >= 0.3 is 11.9 Å². The maximum Gasteiger partial charge on any atom is 0.355 e. The van der Waals surface area contributed by atoms with Gasteiger partial charge in [-0.2, -0.15) is 10.5 Å². The Labute approximate surface area is 200 Å². The normalized spacial score (nSPS) is 15.4. The minimum Gasteiger partial charge on any atom is -0.495 e. The number of hydrogen-bond acceptors (Lipinski definition) is 9. The van der Waals surface area contributed by atoms with Crippen LogP contribution in [-0.2, 0) is 19.1 Å². The summed E-state index contributed by atoms with van der Waals surface area (Å²) in [5, 5.41) is 20.0. The number of anilines is 1. The molecular formula is C24H19ClN4O5. The number of rotatable bonds is 5. The molecule has 1 heterocycles. The van der Waals surface area contributed by atoms with E-state index in [4.69, 9.17) is 31.5 Å². The first-order chi connectivity index (χ1) is 16.3. The lowest BCUT2D eigenvalue weighted by Crippen LogP contribution is -2.41. The highest BCUT2D eigenvalue weighted by Gasteiger charge is 2.43. The average molecular weight is 479 g/mol. The number of ether oxygens (including phenoxy) is 3. The zero-order chi connectivity index (χ0) is 25.0. The van der Waals surface area contributed by atoms with Crippen molar-refractivity contribution in [3.8, 4) is 17.9 Å². The number of esters is 2. The number of carbonyl (C=O) groups excluding carboxylic acids is 2. The van der Waals surface area contributed by atoms with Gasteiger partial charge in [-0.05, 0) is 11.6 Å². The zero-order valence-electron chi connectivity index (χ0n) is 18.5. The first-order valence-corrected chi connectivity index (χ1v) is 10.2. The molecule has 34 heavy (non-hydrogen) atoms. The van der Waals surface area contributed by atoms with Crippen LogP contribution in [0.2, 0.25) is 5.02 Å². The first kappa shape index (κ1) is 24.2. The molecule has 2 aromatic carbocycles. The largest absolute Gasteiger partial charge is 0.495 e. The van der Waals surface area contributed by atoms with Crippen molar-refractivity contribution in [1.82, 2.24) is 0 Å². The van der Waals surface area contributed by atoms with Crippen LogP contribution in [0, 0.1) is 22.7 Å². The summed E-state index contributed by atoms with van der Waals surface area (Å²) in [5.74, 6) is -2.83. The van der Waals surface area contributed by atoms with Crippen LogP contribution in [0.25, 0.3) is 0 Å². The monoisotopic (exact) mass is 478 g/mol. The lowest BCUT2D eigenvalue weighted by atomic mass is 9.80. The van der Waals surface area contributed by atoms with Crippen LogP contribution in [-0.4, -0.2) is 33.3 Å². The van der Waals surface area contributed by atoms with Crippen LogP contribution >= 0.6 is 11.6 Å². The van der Waals surface area contributed by atoms with Crippen molar-refractivity contribution in [2.45, 2.75) is 5.92 Å². The molecule has 1 unspecified atom stereocenters. The lowest BCUT2D eigenvalue weighted by Gasteiger charge is -2.36. The van der Waals surface area contributed by atoms with E-state index < -0.39 is 17.9 Å². The second kappa shape index (κ2) is 9.99. The van der Waals surface area contributed by atoms with Gasteiger partial charge in [-0.3, -0.25) is 4.90 Å². The maximum atomic E-state index is 13.1. The van der Waals surface area contributed by atoms with Gasteiger partial charge in [-0.25, -0.2) is 9.59 Å². The molecule has 10 heteroatoms. The molecule has 1 atom stereocenters. The Bertz CT molecular complexity index is 1310. The Morgan fingerprint density at radius 2 is 1.68 bits per heavy atom. The summed E-state index contributed by atoms with van der Waals surface area (Å²) in [5.41, 5.74) is 6.52. The van der Waals surface area contributed by atoms with E-state index in [2.05, 4.69) is 0 Å². The highest BCUT2D eigenvalue weighted by atomic mass is 35.5. The molecule has 0 saturated heterocycles. The van der Waals surface area contributed by atoms with E-state index in [9.17, 15) is 20.1 Å². The van der Waals surface area contributed by atoms with E-state index in [1.54, 1.807) is 30.3 Å². The number of nitrogens with zero attached hydrogens (tertiary/aromatic N) is 3. The SMILES string of the molecule is COC(=O)C1=C(C(=O)OC)N(c2cc(OC)c(Cl)cc2C#N)C(N)=C(C#N)C1c1ccccc1. The van der Waals surface area contributed by atoms with Crippen LogP contribution < -0.4 is 15.4 Å². The molecule has 3 rings (SSSR count). The fourth-order valence-electron chi connectivity index (χ4n) is 3.74. The van der Waals surface area contributed by atoms with E-state index in [0.29, 0.717) is 5.56 Å².